The van der Waals surface area contributed by atoms with Gasteiger partial charge in [-0.2, -0.15) is 0 Å². The number of rotatable bonds is 6. The third-order valence-electron chi connectivity index (χ3n) is 2.52. The molecule has 2 aromatic rings. The molecule has 0 aliphatic carbocycles. The van der Waals surface area contributed by atoms with Crippen molar-refractivity contribution in [3.8, 4) is 11.5 Å². The number of halogens is 1. The average molecular weight is 279 g/mol. The SMILES string of the molecule is COc1ccc(OCCNc2ccncc2Cl)cc1. The molecule has 0 unspecified atom stereocenters. The highest BCUT2D eigenvalue weighted by Crippen LogP contribution is 2.19. The number of pyridine rings is 1. The van der Waals surface area contributed by atoms with Crippen LogP contribution in [0.1, 0.15) is 0 Å². The molecule has 2 rings (SSSR count). The zero-order valence-corrected chi connectivity index (χ0v) is 11.4. The highest BCUT2D eigenvalue weighted by atomic mass is 35.5. The van der Waals surface area contributed by atoms with E-state index in [4.69, 9.17) is 21.1 Å². The molecular formula is C14H15ClN2O2. The molecule has 0 spiro atoms. The van der Waals surface area contributed by atoms with E-state index in [0.29, 0.717) is 18.2 Å². The van der Waals surface area contributed by atoms with Crippen molar-refractivity contribution in [1.29, 1.82) is 0 Å². The van der Waals surface area contributed by atoms with Crippen LogP contribution in [0.4, 0.5) is 5.69 Å². The van der Waals surface area contributed by atoms with E-state index in [9.17, 15) is 0 Å². The number of nitrogens with one attached hydrogen (secondary N) is 1. The van der Waals surface area contributed by atoms with Crippen molar-refractivity contribution < 1.29 is 9.47 Å². The predicted octanol–water partition coefficient (Wildman–Crippen LogP) is 3.23. The van der Waals surface area contributed by atoms with Crippen LogP contribution in [0.3, 0.4) is 0 Å². The van der Waals surface area contributed by atoms with E-state index in [1.54, 1.807) is 19.5 Å². The summed E-state index contributed by atoms with van der Waals surface area (Å²) in [6.45, 7) is 1.21. The van der Waals surface area contributed by atoms with Gasteiger partial charge in [0, 0.05) is 18.9 Å². The second-order valence-corrected chi connectivity index (χ2v) is 4.21. The largest absolute Gasteiger partial charge is 0.497 e. The summed E-state index contributed by atoms with van der Waals surface area (Å²) in [6, 6.07) is 9.30. The number of methoxy groups -OCH3 is 1. The molecule has 19 heavy (non-hydrogen) atoms. The number of hydrogen-bond donors (Lipinski definition) is 1. The van der Waals surface area contributed by atoms with Crippen LogP contribution >= 0.6 is 11.6 Å². The molecule has 0 saturated carbocycles. The van der Waals surface area contributed by atoms with Gasteiger partial charge in [0.1, 0.15) is 18.1 Å². The van der Waals surface area contributed by atoms with Gasteiger partial charge in [0.15, 0.2) is 0 Å². The molecule has 0 saturated heterocycles. The molecule has 0 radical (unpaired) electrons. The quantitative estimate of drug-likeness (QED) is 0.824. The number of ether oxygens (including phenoxy) is 2. The van der Waals surface area contributed by atoms with Crippen LogP contribution in [0.15, 0.2) is 42.7 Å². The van der Waals surface area contributed by atoms with Crippen LogP contribution in [0.25, 0.3) is 0 Å². The second-order valence-electron chi connectivity index (χ2n) is 3.81. The standard InChI is InChI=1S/C14H15ClN2O2/c1-18-11-2-4-12(5-3-11)19-9-8-17-14-6-7-16-10-13(14)15/h2-7,10H,8-9H2,1H3,(H,16,17). The first-order valence-corrected chi connectivity index (χ1v) is 6.27. The Kier molecular flexibility index (Phi) is 4.86. The van der Waals surface area contributed by atoms with E-state index in [2.05, 4.69) is 10.3 Å². The van der Waals surface area contributed by atoms with Crippen molar-refractivity contribution in [2.24, 2.45) is 0 Å². The third kappa shape index (κ3) is 4.03. The maximum atomic E-state index is 5.97. The first-order chi connectivity index (χ1) is 9.29. The van der Waals surface area contributed by atoms with Gasteiger partial charge in [0.05, 0.1) is 17.8 Å². The maximum Gasteiger partial charge on any atom is 0.119 e. The number of anilines is 1. The minimum atomic E-state index is 0.547. The third-order valence-corrected chi connectivity index (χ3v) is 2.82. The summed E-state index contributed by atoms with van der Waals surface area (Å²) in [7, 11) is 1.64. The van der Waals surface area contributed by atoms with Crippen molar-refractivity contribution >= 4 is 17.3 Å². The number of aromatic nitrogens is 1. The van der Waals surface area contributed by atoms with Crippen LogP contribution in [0.2, 0.25) is 5.02 Å². The number of benzene rings is 1. The van der Waals surface area contributed by atoms with Gasteiger partial charge in [0.2, 0.25) is 0 Å². The average Bonchev–Trinajstić information content (AvgIpc) is 2.46. The molecule has 0 atom stereocenters. The zero-order chi connectivity index (χ0) is 13.5. The van der Waals surface area contributed by atoms with Crippen LogP contribution in [-0.2, 0) is 0 Å². The lowest BCUT2D eigenvalue weighted by Crippen LogP contribution is -2.11. The minimum Gasteiger partial charge on any atom is -0.497 e. The molecule has 0 aliphatic heterocycles. The van der Waals surface area contributed by atoms with E-state index in [0.717, 1.165) is 17.2 Å². The lowest BCUT2D eigenvalue weighted by atomic mass is 10.3. The fraction of sp³-hybridized carbons (Fsp3) is 0.214. The van der Waals surface area contributed by atoms with Gasteiger partial charge in [-0.15, -0.1) is 0 Å². The molecular weight excluding hydrogens is 264 g/mol. The number of hydrogen-bond acceptors (Lipinski definition) is 4. The van der Waals surface area contributed by atoms with Gasteiger partial charge in [-0.25, -0.2) is 0 Å². The van der Waals surface area contributed by atoms with Crippen molar-refractivity contribution in [2.75, 3.05) is 25.6 Å². The fourth-order valence-electron chi connectivity index (χ4n) is 1.55. The van der Waals surface area contributed by atoms with Gasteiger partial charge < -0.3 is 14.8 Å². The molecule has 100 valence electrons. The summed E-state index contributed by atoms with van der Waals surface area (Å²) >= 11 is 5.97. The Morgan fingerprint density at radius 2 is 1.89 bits per heavy atom. The number of nitrogens with zero attached hydrogens (tertiary/aromatic N) is 1. The Labute approximate surface area is 117 Å². The Balaban J connectivity index is 1.76. The van der Waals surface area contributed by atoms with Gasteiger partial charge in [0.25, 0.3) is 0 Å². The van der Waals surface area contributed by atoms with E-state index in [1.165, 1.54) is 0 Å². The Morgan fingerprint density at radius 3 is 2.58 bits per heavy atom. The summed E-state index contributed by atoms with van der Waals surface area (Å²) in [5.74, 6) is 1.62. The van der Waals surface area contributed by atoms with Gasteiger partial charge in [-0.3, -0.25) is 4.98 Å². The second kappa shape index (κ2) is 6.85. The van der Waals surface area contributed by atoms with Crippen LogP contribution in [-0.4, -0.2) is 25.2 Å². The summed E-state index contributed by atoms with van der Waals surface area (Å²) < 4.78 is 10.7. The summed E-state index contributed by atoms with van der Waals surface area (Å²) in [5.41, 5.74) is 0.856. The van der Waals surface area contributed by atoms with Crippen molar-refractivity contribution in [2.45, 2.75) is 0 Å². The molecule has 5 heteroatoms. The Hall–Kier alpha value is -1.94. The van der Waals surface area contributed by atoms with Crippen molar-refractivity contribution in [3.05, 3.63) is 47.7 Å². The summed E-state index contributed by atoms with van der Waals surface area (Å²) in [6.07, 6.45) is 3.30. The molecule has 4 nitrogen and oxygen atoms in total. The topological polar surface area (TPSA) is 43.4 Å². The van der Waals surface area contributed by atoms with Crippen LogP contribution in [0.5, 0.6) is 11.5 Å². The maximum absolute atomic E-state index is 5.97. The Bertz CT molecular complexity index is 517. The molecule has 0 fully saturated rings. The molecule has 0 aliphatic rings. The molecule has 0 bridgehead atoms. The molecule has 0 amide bonds. The summed E-state index contributed by atoms with van der Waals surface area (Å²) in [4.78, 5) is 3.92. The first kappa shape index (κ1) is 13.5. The molecule has 1 aromatic heterocycles. The predicted molar refractivity (Wildman–Crippen MR) is 76.2 cm³/mol. The normalized spacial score (nSPS) is 10.0. The van der Waals surface area contributed by atoms with E-state index >= 15 is 0 Å². The smallest absolute Gasteiger partial charge is 0.119 e. The first-order valence-electron chi connectivity index (χ1n) is 5.90. The van der Waals surface area contributed by atoms with Crippen molar-refractivity contribution in [1.82, 2.24) is 4.98 Å². The molecule has 1 heterocycles. The highest BCUT2D eigenvalue weighted by Gasteiger charge is 1.99. The van der Waals surface area contributed by atoms with E-state index in [1.807, 2.05) is 30.3 Å². The van der Waals surface area contributed by atoms with E-state index in [-0.39, 0.29) is 0 Å². The van der Waals surface area contributed by atoms with Gasteiger partial charge >= 0.3 is 0 Å². The monoisotopic (exact) mass is 278 g/mol. The van der Waals surface area contributed by atoms with Gasteiger partial charge in [-0.1, -0.05) is 11.6 Å². The van der Waals surface area contributed by atoms with Gasteiger partial charge in [-0.05, 0) is 30.3 Å². The van der Waals surface area contributed by atoms with Crippen LogP contribution in [0, 0.1) is 0 Å². The minimum absolute atomic E-state index is 0.547. The fourth-order valence-corrected chi connectivity index (χ4v) is 1.73. The molecule has 1 aromatic carbocycles. The van der Waals surface area contributed by atoms with Crippen molar-refractivity contribution in [3.63, 3.8) is 0 Å². The van der Waals surface area contributed by atoms with Crippen LogP contribution < -0.4 is 14.8 Å². The molecule has 1 N–H and O–H groups in total. The highest BCUT2D eigenvalue weighted by molar-refractivity contribution is 6.33. The lowest BCUT2D eigenvalue weighted by Gasteiger charge is -2.09. The van der Waals surface area contributed by atoms with E-state index < -0.39 is 0 Å². The lowest BCUT2D eigenvalue weighted by molar-refractivity contribution is 0.332. The summed E-state index contributed by atoms with van der Waals surface area (Å²) in [5, 5.41) is 3.79. The zero-order valence-electron chi connectivity index (χ0n) is 10.6. The Morgan fingerprint density at radius 1 is 1.16 bits per heavy atom.